The molecule has 1 aliphatic carbocycles. The largest absolute Gasteiger partial charge is 0.508 e. The molecule has 4 N–H and O–H groups in total. The Balaban J connectivity index is 1.36. The second-order valence-electron chi connectivity index (χ2n) is 9.08. The van der Waals surface area contributed by atoms with Gasteiger partial charge in [0.05, 0.1) is 11.1 Å². The Hall–Kier alpha value is -4.39. The summed E-state index contributed by atoms with van der Waals surface area (Å²) in [6.45, 7) is 0.591. The van der Waals surface area contributed by atoms with Crippen LogP contribution in [0.1, 0.15) is 30.4 Å². The number of carboxylic acid groups (broad SMARTS) is 1. The van der Waals surface area contributed by atoms with E-state index in [2.05, 4.69) is 15.6 Å². The molecular weight excluding hydrogens is 452 g/mol. The Labute approximate surface area is 209 Å². The van der Waals surface area contributed by atoms with Crippen molar-refractivity contribution in [2.45, 2.75) is 31.1 Å². The van der Waals surface area contributed by atoms with Gasteiger partial charge in [-0.25, -0.2) is 4.98 Å². The van der Waals surface area contributed by atoms with E-state index in [9.17, 15) is 15.0 Å². The Morgan fingerprint density at radius 2 is 1.64 bits per heavy atom. The zero-order valence-corrected chi connectivity index (χ0v) is 19.8. The molecule has 4 aromatic rings. The SMILES string of the molecule is O=C(O)C1(c2ccc(Nc3nc(NCCc4ccccc4O)cc(-c4ccccc4)n3)cc2)CCC1. The second kappa shape index (κ2) is 10.1. The Kier molecular flexibility index (Phi) is 6.54. The van der Waals surface area contributed by atoms with Crippen LogP contribution in [0.2, 0.25) is 0 Å². The predicted molar refractivity (Wildman–Crippen MR) is 141 cm³/mol. The lowest BCUT2D eigenvalue weighted by Gasteiger charge is -2.38. The van der Waals surface area contributed by atoms with Crippen molar-refractivity contribution in [2.75, 3.05) is 17.2 Å². The Morgan fingerprint density at radius 3 is 2.31 bits per heavy atom. The number of hydrogen-bond donors (Lipinski definition) is 4. The average molecular weight is 481 g/mol. The number of carboxylic acids is 1. The molecule has 0 spiro atoms. The number of anilines is 3. The van der Waals surface area contributed by atoms with Gasteiger partial charge in [0.1, 0.15) is 11.6 Å². The zero-order valence-electron chi connectivity index (χ0n) is 19.8. The van der Waals surface area contributed by atoms with Gasteiger partial charge >= 0.3 is 5.97 Å². The molecular formula is C29H28N4O3. The number of phenolic OH excluding ortho intramolecular Hbond substituents is 1. The van der Waals surface area contributed by atoms with Gasteiger partial charge in [-0.15, -0.1) is 0 Å². The summed E-state index contributed by atoms with van der Waals surface area (Å²) in [6, 6.07) is 26.6. The highest BCUT2D eigenvalue weighted by Crippen LogP contribution is 2.44. The van der Waals surface area contributed by atoms with Gasteiger partial charge in [-0.2, -0.15) is 4.98 Å². The van der Waals surface area contributed by atoms with Gasteiger partial charge < -0.3 is 20.8 Å². The number of para-hydroxylation sites is 1. The van der Waals surface area contributed by atoms with Crippen LogP contribution in [-0.2, 0) is 16.6 Å². The average Bonchev–Trinajstić information content (AvgIpc) is 2.86. The second-order valence-corrected chi connectivity index (χ2v) is 9.08. The van der Waals surface area contributed by atoms with Crippen LogP contribution < -0.4 is 10.6 Å². The highest BCUT2D eigenvalue weighted by molar-refractivity contribution is 5.82. The molecule has 0 amide bonds. The normalized spacial score (nSPS) is 14.0. The van der Waals surface area contributed by atoms with Gasteiger partial charge in [-0.05, 0) is 48.6 Å². The van der Waals surface area contributed by atoms with Crippen molar-refractivity contribution < 1.29 is 15.0 Å². The summed E-state index contributed by atoms with van der Waals surface area (Å²) < 4.78 is 0. The number of nitrogens with zero attached hydrogens (tertiary/aromatic N) is 2. The fraction of sp³-hybridized carbons (Fsp3) is 0.207. The third-order valence-electron chi connectivity index (χ3n) is 6.80. The van der Waals surface area contributed by atoms with Crippen LogP contribution in [0.3, 0.4) is 0 Å². The van der Waals surface area contributed by atoms with Crippen molar-refractivity contribution in [1.82, 2.24) is 9.97 Å². The van der Waals surface area contributed by atoms with Crippen molar-refractivity contribution in [3.05, 3.63) is 96.1 Å². The number of aromatic hydroxyl groups is 1. The third kappa shape index (κ3) is 4.86. The molecule has 0 aliphatic heterocycles. The van der Waals surface area contributed by atoms with E-state index in [-0.39, 0.29) is 5.75 Å². The summed E-state index contributed by atoms with van der Waals surface area (Å²) in [6.07, 6.45) is 2.93. The molecule has 36 heavy (non-hydrogen) atoms. The number of nitrogens with one attached hydrogen (secondary N) is 2. The molecule has 1 saturated carbocycles. The van der Waals surface area contributed by atoms with Crippen LogP contribution in [0.4, 0.5) is 17.5 Å². The first-order valence-corrected chi connectivity index (χ1v) is 12.1. The highest BCUT2D eigenvalue weighted by atomic mass is 16.4. The summed E-state index contributed by atoms with van der Waals surface area (Å²) in [5, 5.41) is 26.4. The van der Waals surface area contributed by atoms with Gasteiger partial charge in [0.2, 0.25) is 5.95 Å². The van der Waals surface area contributed by atoms with Crippen molar-refractivity contribution in [3.8, 4) is 17.0 Å². The van der Waals surface area contributed by atoms with E-state index < -0.39 is 11.4 Å². The van der Waals surface area contributed by atoms with Crippen LogP contribution >= 0.6 is 0 Å². The smallest absolute Gasteiger partial charge is 0.314 e. The lowest BCUT2D eigenvalue weighted by molar-refractivity contribution is -0.147. The molecule has 0 unspecified atom stereocenters. The van der Waals surface area contributed by atoms with Gasteiger partial charge in [-0.1, -0.05) is 67.1 Å². The predicted octanol–water partition coefficient (Wildman–Crippen LogP) is 5.75. The van der Waals surface area contributed by atoms with Crippen LogP contribution in [0.15, 0.2) is 84.9 Å². The molecule has 182 valence electrons. The minimum atomic E-state index is -0.757. The fourth-order valence-corrected chi connectivity index (χ4v) is 4.56. The number of benzene rings is 3. The first-order chi connectivity index (χ1) is 17.5. The summed E-state index contributed by atoms with van der Waals surface area (Å²) >= 11 is 0. The van der Waals surface area contributed by atoms with Crippen molar-refractivity contribution in [2.24, 2.45) is 0 Å². The van der Waals surface area contributed by atoms with Gasteiger partial charge in [0, 0.05) is 23.9 Å². The zero-order chi connectivity index (χ0) is 25.0. The molecule has 0 radical (unpaired) electrons. The molecule has 1 heterocycles. The monoisotopic (exact) mass is 480 g/mol. The van der Waals surface area contributed by atoms with E-state index in [4.69, 9.17) is 4.98 Å². The Bertz CT molecular complexity index is 1350. The Morgan fingerprint density at radius 1 is 0.917 bits per heavy atom. The molecule has 1 aliphatic rings. The van der Waals surface area contributed by atoms with Crippen molar-refractivity contribution in [1.29, 1.82) is 0 Å². The third-order valence-corrected chi connectivity index (χ3v) is 6.80. The minimum Gasteiger partial charge on any atom is -0.508 e. The number of aromatic nitrogens is 2. The summed E-state index contributed by atoms with van der Waals surface area (Å²) in [5.74, 6) is 0.626. The molecule has 0 atom stereocenters. The van der Waals surface area contributed by atoms with E-state index in [1.807, 2.05) is 72.8 Å². The van der Waals surface area contributed by atoms with Crippen LogP contribution in [-0.4, -0.2) is 32.7 Å². The van der Waals surface area contributed by atoms with Gasteiger partial charge in [0.25, 0.3) is 0 Å². The quantitative estimate of drug-likeness (QED) is 0.241. The molecule has 7 nitrogen and oxygen atoms in total. The lowest BCUT2D eigenvalue weighted by atomic mass is 9.64. The fourth-order valence-electron chi connectivity index (χ4n) is 4.56. The standard InChI is InChI=1S/C29H28N4O3/c34-25-10-5-4-9-21(25)15-18-30-26-19-24(20-7-2-1-3-8-20)32-28(33-26)31-23-13-11-22(12-14-23)29(27(35)36)16-6-17-29/h1-5,7-14,19,34H,6,15-18H2,(H,35,36)(H2,30,31,32,33). The molecule has 1 aromatic heterocycles. The topological polar surface area (TPSA) is 107 Å². The summed E-state index contributed by atoms with van der Waals surface area (Å²) in [7, 11) is 0. The van der Waals surface area contributed by atoms with E-state index in [0.29, 0.717) is 37.6 Å². The number of hydrogen-bond acceptors (Lipinski definition) is 6. The molecule has 0 bridgehead atoms. The maximum Gasteiger partial charge on any atom is 0.314 e. The molecule has 5 rings (SSSR count). The van der Waals surface area contributed by atoms with Crippen LogP contribution in [0.25, 0.3) is 11.3 Å². The lowest BCUT2D eigenvalue weighted by Crippen LogP contribution is -2.42. The summed E-state index contributed by atoms with van der Waals surface area (Å²) in [5.41, 5.74) is 3.46. The van der Waals surface area contributed by atoms with Crippen molar-refractivity contribution in [3.63, 3.8) is 0 Å². The van der Waals surface area contributed by atoms with E-state index in [1.54, 1.807) is 12.1 Å². The molecule has 3 aromatic carbocycles. The number of rotatable bonds is 9. The van der Waals surface area contributed by atoms with E-state index in [0.717, 1.165) is 34.5 Å². The van der Waals surface area contributed by atoms with Crippen molar-refractivity contribution >= 4 is 23.4 Å². The maximum atomic E-state index is 11.8. The van der Waals surface area contributed by atoms with Crippen LogP contribution in [0.5, 0.6) is 5.75 Å². The van der Waals surface area contributed by atoms with Gasteiger partial charge in [0.15, 0.2) is 0 Å². The van der Waals surface area contributed by atoms with Crippen LogP contribution in [0, 0.1) is 0 Å². The van der Waals surface area contributed by atoms with E-state index in [1.165, 1.54) is 0 Å². The molecule has 1 fully saturated rings. The van der Waals surface area contributed by atoms with E-state index >= 15 is 0 Å². The molecule has 7 heteroatoms. The maximum absolute atomic E-state index is 11.8. The number of carbonyl (C=O) groups is 1. The first kappa shape index (κ1) is 23.4. The summed E-state index contributed by atoms with van der Waals surface area (Å²) in [4.78, 5) is 21.2. The molecule has 0 saturated heterocycles. The number of phenols is 1. The minimum absolute atomic E-state index is 0.282. The van der Waals surface area contributed by atoms with Gasteiger partial charge in [-0.3, -0.25) is 4.79 Å². The first-order valence-electron chi connectivity index (χ1n) is 12.1. The highest BCUT2D eigenvalue weighted by Gasteiger charge is 2.45. The number of aliphatic carboxylic acids is 1.